The topological polar surface area (TPSA) is 52.6 Å². The van der Waals surface area contributed by atoms with E-state index >= 15 is 0 Å². The highest BCUT2D eigenvalue weighted by Gasteiger charge is 2.71. The van der Waals surface area contributed by atoms with Crippen molar-refractivity contribution in [1.82, 2.24) is 0 Å². The number of ether oxygens (including phenoxy) is 2. The van der Waals surface area contributed by atoms with Gasteiger partial charge in [-0.25, -0.2) is 0 Å². The Balaban J connectivity index is 1.51. The van der Waals surface area contributed by atoms with Gasteiger partial charge in [0.15, 0.2) is 0 Å². The first-order valence-corrected chi connectivity index (χ1v) is 15.2. The van der Waals surface area contributed by atoms with Gasteiger partial charge in [-0.15, -0.1) is 0 Å². The summed E-state index contributed by atoms with van der Waals surface area (Å²) in [4.78, 5) is 24.3. The molecule has 0 aliphatic heterocycles. The molecule has 4 saturated carbocycles. The Morgan fingerprint density at radius 1 is 0.838 bits per heavy atom. The summed E-state index contributed by atoms with van der Waals surface area (Å²) >= 11 is 0. The number of carbonyl (C=O) groups excluding carboxylic acids is 2. The number of hydrogen-bond donors (Lipinski definition) is 0. The quantitative estimate of drug-likeness (QED) is 0.279. The number of carbonyl (C=O) groups is 2. The molecule has 0 radical (unpaired) electrons. The van der Waals surface area contributed by atoms with E-state index < -0.39 is 0 Å². The third kappa shape index (κ3) is 3.65. The molecule has 4 nitrogen and oxygen atoms in total. The number of esters is 2. The molecule has 5 rings (SSSR count). The van der Waals surface area contributed by atoms with E-state index in [1.807, 2.05) is 0 Å². The summed E-state index contributed by atoms with van der Waals surface area (Å²) in [5.74, 6) is 2.41. The normalized spacial score (nSPS) is 50.4. The van der Waals surface area contributed by atoms with Crippen molar-refractivity contribution in [2.75, 3.05) is 0 Å². The van der Waals surface area contributed by atoms with Crippen LogP contribution in [-0.2, 0) is 19.1 Å². The van der Waals surface area contributed by atoms with Gasteiger partial charge < -0.3 is 9.47 Å². The Kier molecular flexibility index (Phi) is 6.33. The fourth-order valence-corrected chi connectivity index (χ4v) is 11.7. The van der Waals surface area contributed by atoms with Crippen LogP contribution in [-0.4, -0.2) is 23.6 Å². The maximum absolute atomic E-state index is 12.4. The van der Waals surface area contributed by atoms with Crippen molar-refractivity contribution in [1.29, 1.82) is 0 Å². The maximum atomic E-state index is 12.4. The van der Waals surface area contributed by atoms with Crippen LogP contribution in [0.15, 0.2) is 11.6 Å². The zero-order valence-electron chi connectivity index (χ0n) is 25.0. The number of fused-ring (bicyclic) bond motifs is 7. The summed E-state index contributed by atoms with van der Waals surface area (Å²) in [6.07, 6.45) is 12.5. The van der Waals surface area contributed by atoms with E-state index in [1.54, 1.807) is 13.8 Å². The van der Waals surface area contributed by atoms with E-state index in [2.05, 4.69) is 54.5 Å². The Labute approximate surface area is 225 Å². The Morgan fingerprint density at radius 2 is 1.54 bits per heavy atom. The number of hydrogen-bond acceptors (Lipinski definition) is 4. The smallest absolute Gasteiger partial charge is 0.303 e. The molecule has 10 atom stereocenters. The van der Waals surface area contributed by atoms with Crippen LogP contribution < -0.4 is 0 Å². The number of allylic oxidation sites excluding steroid dienone is 1. The minimum atomic E-state index is -0.330. The molecule has 0 bridgehead atoms. The van der Waals surface area contributed by atoms with Crippen LogP contribution >= 0.6 is 0 Å². The molecule has 0 spiro atoms. The van der Waals surface area contributed by atoms with Crippen LogP contribution in [0, 0.1) is 51.2 Å². The van der Waals surface area contributed by atoms with Gasteiger partial charge in [0.05, 0.1) is 0 Å². The van der Waals surface area contributed by atoms with E-state index in [0.29, 0.717) is 29.6 Å². The number of rotatable bonds is 2. The summed E-state index contributed by atoms with van der Waals surface area (Å²) in [7, 11) is 0. The van der Waals surface area contributed by atoms with E-state index in [9.17, 15) is 9.59 Å². The van der Waals surface area contributed by atoms with Gasteiger partial charge in [0, 0.05) is 31.6 Å². The van der Waals surface area contributed by atoms with Crippen LogP contribution in [0.3, 0.4) is 0 Å². The van der Waals surface area contributed by atoms with Crippen molar-refractivity contribution in [3.05, 3.63) is 11.6 Å². The molecule has 5 aliphatic rings. The molecule has 0 N–H and O–H groups in total. The average Bonchev–Trinajstić information content (AvgIpc) is 2.79. The zero-order valence-corrected chi connectivity index (χ0v) is 25.0. The predicted molar refractivity (Wildman–Crippen MR) is 147 cm³/mol. The molecule has 0 aromatic rings. The monoisotopic (exact) mass is 512 g/mol. The van der Waals surface area contributed by atoms with E-state index in [0.717, 1.165) is 32.1 Å². The predicted octanol–water partition coefficient (Wildman–Crippen LogP) is 7.89. The molecule has 4 fully saturated rings. The van der Waals surface area contributed by atoms with Crippen molar-refractivity contribution < 1.29 is 19.1 Å². The molecule has 0 aromatic carbocycles. The highest BCUT2D eigenvalue weighted by atomic mass is 16.6. The average molecular weight is 513 g/mol. The molecule has 37 heavy (non-hydrogen) atoms. The van der Waals surface area contributed by atoms with Crippen LogP contribution in [0.1, 0.15) is 120 Å². The molecule has 0 amide bonds. The molecular formula is C33H52O4. The van der Waals surface area contributed by atoms with Crippen molar-refractivity contribution in [3.63, 3.8) is 0 Å². The minimum Gasteiger partial charge on any atom is -0.462 e. The molecule has 10 unspecified atom stereocenters. The minimum absolute atomic E-state index is 0.00537. The second kappa shape index (κ2) is 8.59. The second-order valence-electron chi connectivity index (χ2n) is 15.3. The summed E-state index contributed by atoms with van der Waals surface area (Å²) in [6, 6.07) is 0. The molecular weight excluding hydrogens is 460 g/mol. The first-order valence-electron chi connectivity index (χ1n) is 15.2. The van der Waals surface area contributed by atoms with E-state index in [1.165, 1.54) is 31.3 Å². The summed E-state index contributed by atoms with van der Waals surface area (Å²) in [5.41, 5.74) is 1.91. The molecule has 208 valence electrons. The molecule has 5 aliphatic carbocycles. The second-order valence-corrected chi connectivity index (χ2v) is 15.3. The zero-order chi connectivity index (χ0) is 27.2. The Morgan fingerprint density at radius 3 is 2.19 bits per heavy atom. The van der Waals surface area contributed by atoms with Crippen LogP contribution in [0.4, 0.5) is 0 Å². The van der Waals surface area contributed by atoms with Gasteiger partial charge in [-0.2, -0.15) is 0 Å². The maximum Gasteiger partial charge on any atom is 0.303 e. The lowest BCUT2D eigenvalue weighted by Gasteiger charge is -2.73. The van der Waals surface area contributed by atoms with Gasteiger partial charge in [-0.3, -0.25) is 9.59 Å². The highest BCUT2D eigenvalue weighted by Crippen LogP contribution is 2.76. The van der Waals surface area contributed by atoms with Gasteiger partial charge in [-0.1, -0.05) is 53.2 Å². The van der Waals surface area contributed by atoms with E-state index in [-0.39, 0.29) is 45.3 Å². The van der Waals surface area contributed by atoms with Gasteiger partial charge in [0.25, 0.3) is 0 Å². The third-order valence-electron chi connectivity index (χ3n) is 13.7. The molecule has 0 saturated heterocycles. The van der Waals surface area contributed by atoms with Crippen molar-refractivity contribution in [2.45, 2.75) is 132 Å². The van der Waals surface area contributed by atoms with Gasteiger partial charge >= 0.3 is 11.9 Å². The fourth-order valence-electron chi connectivity index (χ4n) is 11.7. The van der Waals surface area contributed by atoms with Crippen LogP contribution in [0.25, 0.3) is 0 Å². The Bertz CT molecular complexity index is 996. The van der Waals surface area contributed by atoms with Crippen molar-refractivity contribution in [3.8, 4) is 0 Å². The molecule has 4 heteroatoms. The molecule has 0 aromatic heterocycles. The van der Waals surface area contributed by atoms with E-state index in [4.69, 9.17) is 9.47 Å². The Hall–Kier alpha value is -1.32. The summed E-state index contributed by atoms with van der Waals surface area (Å²) < 4.78 is 12.2. The largest absolute Gasteiger partial charge is 0.462 e. The van der Waals surface area contributed by atoms with Crippen LogP contribution in [0.5, 0.6) is 0 Å². The van der Waals surface area contributed by atoms with Gasteiger partial charge in [0.2, 0.25) is 0 Å². The summed E-state index contributed by atoms with van der Waals surface area (Å²) in [6.45, 7) is 20.4. The van der Waals surface area contributed by atoms with Gasteiger partial charge in [-0.05, 0) is 98.2 Å². The first kappa shape index (κ1) is 27.3. The van der Waals surface area contributed by atoms with Crippen molar-refractivity contribution in [2.24, 2.45) is 51.2 Å². The lowest BCUT2D eigenvalue weighted by molar-refractivity contribution is -0.264. The third-order valence-corrected chi connectivity index (χ3v) is 13.7. The van der Waals surface area contributed by atoms with Crippen molar-refractivity contribution >= 4 is 11.9 Å². The SMILES string of the molecule is CC(=O)OC1CCC2(C)C(CCC3(C)C2CCC2C4C(C)C(C)=CCC4(OC(C)=O)CCC23C)C1(C)C. The van der Waals surface area contributed by atoms with Gasteiger partial charge in [0.1, 0.15) is 11.7 Å². The van der Waals surface area contributed by atoms with Crippen LogP contribution in [0.2, 0.25) is 0 Å². The standard InChI is InChI=1S/C33H52O4/c1-20-12-17-33(37-23(4)35)19-18-31(8)24(28(33)21(20)2)10-11-26-30(7)15-14-27(36-22(3)34)29(5,6)25(30)13-16-32(26,31)9/h12,21,24-28H,10-11,13-19H2,1-9H3. The highest BCUT2D eigenvalue weighted by molar-refractivity contribution is 5.67. The molecule has 0 heterocycles. The first-order chi connectivity index (χ1) is 17.1. The summed E-state index contributed by atoms with van der Waals surface area (Å²) in [5, 5.41) is 0. The fraction of sp³-hybridized carbons (Fsp3) is 0.879. The lowest BCUT2D eigenvalue weighted by Crippen LogP contribution is -2.68. The lowest BCUT2D eigenvalue weighted by atomic mass is 9.32.